The standard InChI is InChI=1S/C12H13NO2/c1-2-15-12(9-13)7-8-14-11-6-4-3-5-10(11)12/h3-6H,2,7-8H2,1H3. The van der Waals surface area contributed by atoms with E-state index < -0.39 is 5.60 Å². The van der Waals surface area contributed by atoms with Crippen molar-refractivity contribution in [3.05, 3.63) is 29.8 Å². The zero-order chi connectivity index (χ0) is 10.7. The van der Waals surface area contributed by atoms with Crippen LogP contribution in [0.25, 0.3) is 0 Å². The molecule has 0 spiro atoms. The molecule has 3 nitrogen and oxygen atoms in total. The maximum atomic E-state index is 9.29. The molecule has 3 heteroatoms. The fourth-order valence-corrected chi connectivity index (χ4v) is 1.91. The van der Waals surface area contributed by atoms with Gasteiger partial charge in [0.2, 0.25) is 0 Å². The molecule has 0 saturated carbocycles. The zero-order valence-electron chi connectivity index (χ0n) is 8.69. The van der Waals surface area contributed by atoms with Crippen molar-refractivity contribution >= 4 is 0 Å². The van der Waals surface area contributed by atoms with Crippen molar-refractivity contribution in [2.45, 2.75) is 18.9 Å². The van der Waals surface area contributed by atoms with E-state index in [2.05, 4.69) is 6.07 Å². The highest BCUT2D eigenvalue weighted by Gasteiger charge is 2.38. The molecular formula is C12H13NO2. The van der Waals surface area contributed by atoms with Crippen LogP contribution in [0.3, 0.4) is 0 Å². The molecule has 1 aliphatic heterocycles. The van der Waals surface area contributed by atoms with Crippen molar-refractivity contribution in [2.75, 3.05) is 13.2 Å². The third-order valence-corrected chi connectivity index (χ3v) is 2.61. The summed E-state index contributed by atoms with van der Waals surface area (Å²) in [5, 5.41) is 9.29. The van der Waals surface area contributed by atoms with Crippen LogP contribution in [-0.4, -0.2) is 13.2 Å². The molecule has 0 aliphatic carbocycles. The first-order valence-corrected chi connectivity index (χ1v) is 5.10. The lowest BCUT2D eigenvalue weighted by Crippen LogP contribution is -2.34. The number of nitrogens with zero attached hydrogens (tertiary/aromatic N) is 1. The molecule has 0 saturated heterocycles. The van der Waals surface area contributed by atoms with Gasteiger partial charge in [0, 0.05) is 18.6 Å². The van der Waals surface area contributed by atoms with E-state index in [0.717, 1.165) is 11.3 Å². The summed E-state index contributed by atoms with van der Waals surface area (Å²) in [6.07, 6.45) is 0.592. The van der Waals surface area contributed by atoms with Crippen molar-refractivity contribution in [3.63, 3.8) is 0 Å². The SMILES string of the molecule is CCOC1(C#N)CCOc2ccccc21. The molecule has 0 amide bonds. The Morgan fingerprint density at radius 3 is 3.07 bits per heavy atom. The van der Waals surface area contributed by atoms with Gasteiger partial charge in [0.1, 0.15) is 11.8 Å². The Labute approximate surface area is 89.2 Å². The molecule has 0 aromatic heterocycles. The molecule has 1 unspecified atom stereocenters. The molecule has 0 bridgehead atoms. The molecule has 0 N–H and O–H groups in total. The van der Waals surface area contributed by atoms with E-state index in [-0.39, 0.29) is 0 Å². The smallest absolute Gasteiger partial charge is 0.186 e. The van der Waals surface area contributed by atoms with Crippen LogP contribution in [0.4, 0.5) is 0 Å². The normalized spacial score (nSPS) is 23.7. The summed E-state index contributed by atoms with van der Waals surface area (Å²) >= 11 is 0. The van der Waals surface area contributed by atoms with E-state index in [0.29, 0.717) is 19.6 Å². The lowest BCUT2D eigenvalue weighted by Gasteiger charge is -2.32. The topological polar surface area (TPSA) is 42.2 Å². The predicted octanol–water partition coefficient (Wildman–Crippen LogP) is 2.22. The quantitative estimate of drug-likeness (QED) is 0.740. The molecule has 0 radical (unpaired) electrons. The van der Waals surface area contributed by atoms with Gasteiger partial charge in [-0.2, -0.15) is 5.26 Å². The van der Waals surface area contributed by atoms with Gasteiger partial charge in [-0.1, -0.05) is 18.2 Å². The van der Waals surface area contributed by atoms with Crippen molar-refractivity contribution in [1.82, 2.24) is 0 Å². The van der Waals surface area contributed by atoms with Crippen LogP contribution in [-0.2, 0) is 10.3 Å². The summed E-state index contributed by atoms with van der Waals surface area (Å²) in [4.78, 5) is 0. The number of rotatable bonds is 2. The van der Waals surface area contributed by atoms with E-state index in [1.165, 1.54) is 0 Å². The highest BCUT2D eigenvalue weighted by atomic mass is 16.5. The summed E-state index contributed by atoms with van der Waals surface area (Å²) in [5.41, 5.74) is 0.0319. The average molecular weight is 203 g/mol. The number of ether oxygens (including phenoxy) is 2. The van der Waals surface area contributed by atoms with Gasteiger partial charge >= 0.3 is 0 Å². The molecule has 2 rings (SSSR count). The Morgan fingerprint density at radius 1 is 1.53 bits per heavy atom. The van der Waals surface area contributed by atoms with Gasteiger partial charge in [0.15, 0.2) is 5.60 Å². The molecule has 1 atom stereocenters. The van der Waals surface area contributed by atoms with Crippen molar-refractivity contribution in [3.8, 4) is 11.8 Å². The second-order valence-corrected chi connectivity index (χ2v) is 3.47. The summed E-state index contributed by atoms with van der Waals surface area (Å²) in [6.45, 7) is 2.96. The van der Waals surface area contributed by atoms with E-state index in [9.17, 15) is 5.26 Å². The Hall–Kier alpha value is -1.53. The van der Waals surface area contributed by atoms with Gasteiger partial charge in [0.05, 0.1) is 6.61 Å². The van der Waals surface area contributed by atoms with Crippen molar-refractivity contribution in [2.24, 2.45) is 0 Å². The van der Waals surface area contributed by atoms with Gasteiger partial charge < -0.3 is 9.47 Å². The number of benzene rings is 1. The molecule has 1 heterocycles. The average Bonchev–Trinajstić information content (AvgIpc) is 2.30. The number of nitriles is 1. The molecule has 1 aliphatic rings. The minimum absolute atomic E-state index is 0.530. The fraction of sp³-hybridized carbons (Fsp3) is 0.417. The molecule has 1 aromatic carbocycles. The van der Waals surface area contributed by atoms with E-state index in [1.54, 1.807) is 0 Å². The Balaban J connectivity index is 2.48. The number of hydrogen-bond donors (Lipinski definition) is 0. The van der Waals surface area contributed by atoms with Crippen LogP contribution in [0, 0.1) is 11.3 Å². The number of para-hydroxylation sites is 1. The van der Waals surface area contributed by atoms with Crippen molar-refractivity contribution < 1.29 is 9.47 Å². The van der Waals surface area contributed by atoms with Crippen LogP contribution >= 0.6 is 0 Å². The number of fused-ring (bicyclic) bond motifs is 1. The highest BCUT2D eigenvalue weighted by Crippen LogP contribution is 2.39. The Kier molecular flexibility index (Phi) is 2.61. The molecule has 1 aromatic rings. The largest absolute Gasteiger partial charge is 0.493 e. The molecule has 0 fully saturated rings. The summed E-state index contributed by atoms with van der Waals surface area (Å²) in [7, 11) is 0. The third kappa shape index (κ3) is 1.57. The van der Waals surface area contributed by atoms with Crippen LogP contribution in [0.15, 0.2) is 24.3 Å². The monoisotopic (exact) mass is 203 g/mol. The summed E-state index contributed by atoms with van der Waals surface area (Å²) in [6, 6.07) is 9.85. The third-order valence-electron chi connectivity index (χ3n) is 2.61. The lowest BCUT2D eigenvalue weighted by atomic mass is 9.89. The minimum Gasteiger partial charge on any atom is -0.493 e. The van der Waals surface area contributed by atoms with E-state index in [1.807, 2.05) is 31.2 Å². The van der Waals surface area contributed by atoms with Crippen LogP contribution in [0.5, 0.6) is 5.75 Å². The first-order valence-electron chi connectivity index (χ1n) is 5.10. The van der Waals surface area contributed by atoms with E-state index in [4.69, 9.17) is 9.47 Å². The van der Waals surface area contributed by atoms with Crippen LogP contribution in [0.2, 0.25) is 0 Å². The molecule has 15 heavy (non-hydrogen) atoms. The summed E-state index contributed by atoms with van der Waals surface area (Å²) < 4.78 is 11.1. The van der Waals surface area contributed by atoms with Gasteiger partial charge in [0.25, 0.3) is 0 Å². The number of hydrogen-bond acceptors (Lipinski definition) is 3. The van der Waals surface area contributed by atoms with E-state index >= 15 is 0 Å². The Morgan fingerprint density at radius 2 is 2.33 bits per heavy atom. The zero-order valence-corrected chi connectivity index (χ0v) is 8.69. The maximum absolute atomic E-state index is 9.29. The lowest BCUT2D eigenvalue weighted by molar-refractivity contribution is -0.0259. The minimum atomic E-state index is -0.816. The van der Waals surface area contributed by atoms with Crippen LogP contribution < -0.4 is 4.74 Å². The second-order valence-electron chi connectivity index (χ2n) is 3.47. The predicted molar refractivity (Wildman–Crippen MR) is 55.5 cm³/mol. The van der Waals surface area contributed by atoms with Gasteiger partial charge in [-0.25, -0.2) is 0 Å². The molecule has 78 valence electrons. The summed E-state index contributed by atoms with van der Waals surface area (Å²) in [5.74, 6) is 0.763. The van der Waals surface area contributed by atoms with Gasteiger partial charge in [-0.05, 0) is 13.0 Å². The van der Waals surface area contributed by atoms with Crippen molar-refractivity contribution in [1.29, 1.82) is 5.26 Å². The van der Waals surface area contributed by atoms with Gasteiger partial charge in [-0.3, -0.25) is 0 Å². The van der Waals surface area contributed by atoms with Crippen LogP contribution in [0.1, 0.15) is 18.9 Å². The first kappa shape index (κ1) is 10.0. The second kappa shape index (κ2) is 3.92. The molecular weight excluding hydrogens is 190 g/mol. The fourth-order valence-electron chi connectivity index (χ4n) is 1.91. The maximum Gasteiger partial charge on any atom is 0.186 e. The first-order chi connectivity index (χ1) is 7.32. The Bertz CT molecular complexity index is 397. The highest BCUT2D eigenvalue weighted by molar-refractivity contribution is 5.43. The van der Waals surface area contributed by atoms with Gasteiger partial charge in [-0.15, -0.1) is 0 Å².